The van der Waals surface area contributed by atoms with Crippen molar-refractivity contribution in [3.63, 3.8) is 0 Å². The van der Waals surface area contributed by atoms with Crippen LogP contribution in [0.1, 0.15) is 46.0 Å². The molecule has 42 heavy (non-hydrogen) atoms. The molecule has 0 bridgehead atoms. The maximum absolute atomic E-state index is 13.5. The van der Waals surface area contributed by atoms with Gasteiger partial charge >= 0.3 is 5.69 Å². The van der Waals surface area contributed by atoms with Crippen LogP contribution < -0.4 is 21.8 Å². The van der Waals surface area contributed by atoms with Gasteiger partial charge in [-0.1, -0.05) is 23.7 Å². The van der Waals surface area contributed by atoms with Crippen LogP contribution in [-0.4, -0.2) is 65.5 Å². The average Bonchev–Trinajstić information content (AvgIpc) is 3.34. The zero-order valence-electron chi connectivity index (χ0n) is 22.8. The quantitative estimate of drug-likeness (QED) is 0.237. The number of rotatable bonds is 8. The molecule has 4 heterocycles. The molecule has 13 nitrogen and oxygen atoms in total. The Morgan fingerprint density at radius 1 is 1.12 bits per heavy atom. The van der Waals surface area contributed by atoms with Crippen molar-refractivity contribution < 1.29 is 19.5 Å². The summed E-state index contributed by atoms with van der Waals surface area (Å²) in [5.41, 5.74) is -0.214. The minimum atomic E-state index is -1.09. The van der Waals surface area contributed by atoms with E-state index in [9.17, 15) is 29.1 Å². The largest absolute Gasteiger partial charge is 0.503 e. The fourth-order valence-electron chi connectivity index (χ4n) is 5.00. The van der Waals surface area contributed by atoms with Crippen LogP contribution in [-0.2, 0) is 24.3 Å². The molecule has 0 radical (unpaired) electrons. The highest BCUT2D eigenvalue weighted by molar-refractivity contribution is 6.30. The zero-order valence-corrected chi connectivity index (χ0v) is 23.5. The molecule has 14 heteroatoms. The first kappa shape index (κ1) is 28.6. The lowest BCUT2D eigenvalue weighted by atomic mass is 10.0. The minimum Gasteiger partial charge on any atom is -0.503 e. The van der Waals surface area contributed by atoms with E-state index in [-0.39, 0.29) is 35.9 Å². The molecule has 3 amide bonds. The Morgan fingerprint density at radius 3 is 2.64 bits per heavy atom. The van der Waals surface area contributed by atoms with Crippen molar-refractivity contribution in [3.8, 4) is 5.75 Å². The molecular weight excluding hydrogens is 566 g/mol. The number of carbonyl (C=O) groups excluding carboxylic acids is 3. The summed E-state index contributed by atoms with van der Waals surface area (Å²) in [4.78, 5) is 65.9. The number of hydrogen-bond donors (Lipinski definition) is 4. The van der Waals surface area contributed by atoms with Gasteiger partial charge < -0.3 is 25.2 Å². The van der Waals surface area contributed by atoms with Gasteiger partial charge in [0.15, 0.2) is 17.1 Å². The Balaban J connectivity index is 1.42. The molecule has 1 aromatic carbocycles. The molecule has 218 valence electrons. The topological polar surface area (TPSA) is 171 Å². The number of hydrogen-bond acceptors (Lipinski definition) is 7. The zero-order chi connectivity index (χ0) is 30.1. The van der Waals surface area contributed by atoms with E-state index >= 15 is 0 Å². The number of pyridine rings is 2. The van der Waals surface area contributed by atoms with E-state index < -0.39 is 40.6 Å². The van der Waals surface area contributed by atoms with Gasteiger partial charge in [-0.15, -0.1) is 0 Å². The fraction of sp³-hybridized carbons (Fsp3) is 0.286. The normalized spacial score (nSPS) is 13.7. The summed E-state index contributed by atoms with van der Waals surface area (Å²) in [5.74, 6) is -2.33. The number of nitrogens with one attached hydrogen (secondary N) is 3. The lowest BCUT2D eigenvalue weighted by molar-refractivity contribution is -0.123. The molecular formula is C28H28ClN7O6. The Morgan fingerprint density at radius 2 is 1.90 bits per heavy atom. The third-order valence-electron chi connectivity index (χ3n) is 7.11. The van der Waals surface area contributed by atoms with Crippen LogP contribution in [0.15, 0.2) is 58.3 Å². The molecule has 0 fully saturated rings. The highest BCUT2D eigenvalue weighted by atomic mass is 35.5. The SMILES string of the molecule is CC(C)N1CCn2c(CNC(=O)C(Cc3cccc(Cl)c3)NC(=O)c3cccn4c(=O)[nH]nc34)cc(=O)c(O)c2C1=O. The maximum atomic E-state index is 13.5. The molecule has 5 rings (SSSR count). The van der Waals surface area contributed by atoms with Gasteiger partial charge in [-0.05, 0) is 43.7 Å². The van der Waals surface area contributed by atoms with Crippen LogP contribution in [0.4, 0.5) is 0 Å². The van der Waals surface area contributed by atoms with Gasteiger partial charge in [0.1, 0.15) is 6.04 Å². The van der Waals surface area contributed by atoms with Crippen molar-refractivity contribution in [2.45, 2.75) is 45.4 Å². The van der Waals surface area contributed by atoms with Crippen LogP contribution in [0.3, 0.4) is 0 Å². The van der Waals surface area contributed by atoms with Crippen LogP contribution >= 0.6 is 11.6 Å². The third kappa shape index (κ3) is 5.50. The molecule has 1 atom stereocenters. The summed E-state index contributed by atoms with van der Waals surface area (Å²) in [6, 6.07) is 9.77. The second-order valence-electron chi connectivity index (χ2n) is 10.2. The molecule has 1 aliphatic rings. The van der Waals surface area contributed by atoms with Gasteiger partial charge in [0.25, 0.3) is 11.8 Å². The average molecular weight is 594 g/mol. The lowest BCUT2D eigenvalue weighted by Crippen LogP contribution is -2.49. The molecule has 4 N–H and O–H groups in total. The van der Waals surface area contributed by atoms with Crippen molar-refractivity contribution in [1.82, 2.24) is 34.7 Å². The molecule has 0 saturated carbocycles. The van der Waals surface area contributed by atoms with Gasteiger partial charge in [0.2, 0.25) is 11.3 Å². The van der Waals surface area contributed by atoms with Gasteiger partial charge in [-0.25, -0.2) is 14.3 Å². The predicted molar refractivity (Wildman–Crippen MR) is 153 cm³/mol. The number of halogens is 1. The summed E-state index contributed by atoms with van der Waals surface area (Å²) in [5, 5.41) is 22.5. The molecule has 0 saturated heterocycles. The number of benzene rings is 1. The fourth-order valence-corrected chi connectivity index (χ4v) is 5.21. The van der Waals surface area contributed by atoms with E-state index in [1.54, 1.807) is 29.2 Å². The smallest absolute Gasteiger partial charge is 0.347 e. The second-order valence-corrected chi connectivity index (χ2v) is 10.6. The number of fused-ring (bicyclic) bond motifs is 2. The number of nitrogens with zero attached hydrogens (tertiary/aromatic N) is 4. The van der Waals surface area contributed by atoms with Gasteiger partial charge in [-0.3, -0.25) is 19.2 Å². The van der Waals surface area contributed by atoms with E-state index in [0.717, 1.165) is 0 Å². The van der Waals surface area contributed by atoms with E-state index in [1.807, 2.05) is 13.8 Å². The molecule has 3 aromatic heterocycles. The summed E-state index contributed by atoms with van der Waals surface area (Å²) >= 11 is 6.14. The van der Waals surface area contributed by atoms with Crippen molar-refractivity contribution in [2.75, 3.05) is 6.54 Å². The highest BCUT2D eigenvalue weighted by Crippen LogP contribution is 2.23. The Labute approximate surface area is 243 Å². The maximum Gasteiger partial charge on any atom is 0.347 e. The highest BCUT2D eigenvalue weighted by Gasteiger charge is 2.32. The van der Waals surface area contributed by atoms with Crippen molar-refractivity contribution >= 4 is 35.0 Å². The number of aromatic hydroxyl groups is 1. The molecule has 4 aromatic rings. The third-order valence-corrected chi connectivity index (χ3v) is 7.34. The Bertz CT molecular complexity index is 1830. The monoisotopic (exact) mass is 593 g/mol. The number of carbonyl (C=O) groups is 3. The summed E-state index contributed by atoms with van der Waals surface area (Å²) in [7, 11) is 0. The Hall–Kier alpha value is -4.91. The van der Waals surface area contributed by atoms with Crippen LogP contribution in [0.25, 0.3) is 5.65 Å². The number of amides is 3. The summed E-state index contributed by atoms with van der Waals surface area (Å²) < 4.78 is 2.70. The van der Waals surface area contributed by atoms with E-state index in [2.05, 4.69) is 20.8 Å². The lowest BCUT2D eigenvalue weighted by Gasteiger charge is -2.34. The number of aromatic nitrogens is 4. The molecule has 1 unspecified atom stereocenters. The summed E-state index contributed by atoms with van der Waals surface area (Å²) in [6.45, 7) is 4.20. The predicted octanol–water partition coefficient (Wildman–Crippen LogP) is 1.06. The van der Waals surface area contributed by atoms with Crippen LogP contribution in [0, 0.1) is 0 Å². The first-order valence-electron chi connectivity index (χ1n) is 13.2. The standard InChI is InChI=1S/C28H28ClN7O6/c1-15(2)34-9-10-35-18(13-21(37)23(38)22(35)27(34)41)14-30-26(40)20(12-16-5-3-6-17(29)11-16)31-25(39)19-7-4-8-36-24(19)32-33-28(36)42/h3-8,11,13,15,20,38H,9-10,12,14H2,1-2H3,(H,30,40)(H,31,39)(H,33,42). The number of H-pyrrole nitrogens is 1. The second kappa shape index (κ2) is 11.5. The molecule has 0 aliphatic carbocycles. The Kier molecular flexibility index (Phi) is 7.85. The minimum absolute atomic E-state index is 0.0735. The first-order chi connectivity index (χ1) is 20.0. The summed E-state index contributed by atoms with van der Waals surface area (Å²) in [6.07, 6.45) is 1.53. The van der Waals surface area contributed by atoms with Gasteiger partial charge in [-0.2, -0.15) is 5.10 Å². The van der Waals surface area contributed by atoms with Crippen LogP contribution in [0.5, 0.6) is 5.75 Å². The van der Waals surface area contributed by atoms with Gasteiger partial charge in [0, 0.05) is 48.5 Å². The van der Waals surface area contributed by atoms with E-state index in [4.69, 9.17) is 11.6 Å². The van der Waals surface area contributed by atoms with Crippen molar-refractivity contribution in [2.24, 2.45) is 0 Å². The molecule has 0 spiro atoms. The van der Waals surface area contributed by atoms with E-state index in [1.165, 1.54) is 33.4 Å². The number of aromatic amines is 1. The molecule has 1 aliphatic heterocycles. The first-order valence-corrected chi connectivity index (χ1v) is 13.6. The van der Waals surface area contributed by atoms with Crippen molar-refractivity contribution in [3.05, 3.63) is 96.9 Å². The van der Waals surface area contributed by atoms with Crippen molar-refractivity contribution in [1.29, 1.82) is 0 Å². The van der Waals surface area contributed by atoms with E-state index in [0.29, 0.717) is 29.4 Å². The van der Waals surface area contributed by atoms with Gasteiger partial charge in [0.05, 0.1) is 12.1 Å². The van der Waals surface area contributed by atoms with Crippen LogP contribution in [0.2, 0.25) is 5.02 Å².